The number of nitrogens with one attached hydrogen (secondary N) is 2. The maximum absolute atomic E-state index is 11.4. The highest BCUT2D eigenvalue weighted by Gasteiger charge is 2.13. The third-order valence-electron chi connectivity index (χ3n) is 2.87. The van der Waals surface area contributed by atoms with Crippen LogP contribution in [0.4, 0.5) is 11.4 Å². The highest BCUT2D eigenvalue weighted by atomic mass is 35.5. The Morgan fingerprint density at radius 3 is 1.45 bits per heavy atom. The fourth-order valence-corrected chi connectivity index (χ4v) is 2.42. The number of amides is 2. The molecule has 0 saturated heterocycles. The minimum Gasteiger partial charge on any atom is -0.326 e. The van der Waals surface area contributed by atoms with Crippen LogP contribution in [0.5, 0.6) is 0 Å². The van der Waals surface area contributed by atoms with Crippen LogP contribution in [0.3, 0.4) is 0 Å². The number of carbonyl (C=O) groups excluding carboxylic acids is 2. The van der Waals surface area contributed by atoms with Crippen molar-refractivity contribution in [1.82, 2.24) is 0 Å². The van der Waals surface area contributed by atoms with Gasteiger partial charge < -0.3 is 10.6 Å². The van der Waals surface area contributed by atoms with Crippen molar-refractivity contribution in [2.75, 3.05) is 10.6 Å². The molecule has 6 heteroatoms. The Hall–Kier alpha value is -2.04. The Kier molecular flexibility index (Phi) is 5.06. The molecule has 0 heterocycles. The largest absolute Gasteiger partial charge is 0.326 e. The zero-order valence-electron chi connectivity index (χ0n) is 12.0. The summed E-state index contributed by atoms with van der Waals surface area (Å²) in [6.45, 7) is 2.84. The van der Waals surface area contributed by atoms with Gasteiger partial charge in [0.05, 0.1) is 0 Å². The smallest absolute Gasteiger partial charge is 0.221 e. The molecule has 0 fully saturated rings. The number of hydrogen-bond donors (Lipinski definition) is 2. The topological polar surface area (TPSA) is 58.2 Å². The van der Waals surface area contributed by atoms with Gasteiger partial charge in [0, 0.05) is 46.4 Å². The lowest BCUT2D eigenvalue weighted by molar-refractivity contribution is -0.115. The van der Waals surface area contributed by atoms with Crippen molar-refractivity contribution >= 4 is 46.4 Å². The van der Waals surface area contributed by atoms with Crippen LogP contribution in [-0.2, 0) is 9.59 Å². The van der Waals surface area contributed by atoms with Gasteiger partial charge in [-0.25, -0.2) is 0 Å². The fraction of sp³-hybridized carbons (Fsp3) is 0.125. The Balaban J connectivity index is 2.63. The Bertz CT molecular complexity index is 681. The quantitative estimate of drug-likeness (QED) is 0.861. The van der Waals surface area contributed by atoms with Crippen molar-refractivity contribution in [2.24, 2.45) is 0 Å². The third-order valence-corrected chi connectivity index (χ3v) is 3.34. The molecular weight excluding hydrogens is 323 g/mol. The summed E-state index contributed by atoms with van der Waals surface area (Å²) in [4.78, 5) is 22.7. The van der Waals surface area contributed by atoms with E-state index in [-0.39, 0.29) is 11.8 Å². The van der Waals surface area contributed by atoms with Gasteiger partial charge in [0.1, 0.15) is 0 Å². The van der Waals surface area contributed by atoms with E-state index in [2.05, 4.69) is 10.6 Å². The molecule has 0 bridgehead atoms. The van der Waals surface area contributed by atoms with Gasteiger partial charge >= 0.3 is 0 Å². The maximum atomic E-state index is 11.4. The van der Waals surface area contributed by atoms with Crippen LogP contribution >= 0.6 is 23.2 Å². The summed E-state index contributed by atoms with van der Waals surface area (Å²) >= 11 is 12.1. The molecule has 22 heavy (non-hydrogen) atoms. The number of hydrogen-bond acceptors (Lipinski definition) is 2. The molecule has 0 aliphatic heterocycles. The molecule has 2 aromatic carbocycles. The predicted octanol–water partition coefficient (Wildman–Crippen LogP) is 4.58. The highest BCUT2D eigenvalue weighted by molar-refractivity contribution is 6.32. The third kappa shape index (κ3) is 4.00. The maximum Gasteiger partial charge on any atom is 0.221 e. The minimum atomic E-state index is -0.202. The van der Waals surface area contributed by atoms with Crippen LogP contribution in [0.15, 0.2) is 36.4 Å². The molecule has 2 N–H and O–H groups in total. The van der Waals surface area contributed by atoms with Crippen molar-refractivity contribution in [2.45, 2.75) is 13.8 Å². The van der Waals surface area contributed by atoms with Crippen LogP contribution in [0.25, 0.3) is 11.1 Å². The number of carbonyl (C=O) groups is 2. The van der Waals surface area contributed by atoms with E-state index in [0.717, 1.165) is 0 Å². The Morgan fingerprint density at radius 1 is 0.773 bits per heavy atom. The van der Waals surface area contributed by atoms with Crippen LogP contribution in [0, 0.1) is 0 Å². The van der Waals surface area contributed by atoms with Gasteiger partial charge in [-0.15, -0.1) is 0 Å². The molecular formula is C16H14Cl2N2O2. The zero-order valence-corrected chi connectivity index (χ0v) is 13.5. The van der Waals surface area contributed by atoms with Gasteiger partial charge in [-0.1, -0.05) is 23.2 Å². The molecule has 2 amide bonds. The molecule has 4 nitrogen and oxygen atoms in total. The first-order chi connectivity index (χ1) is 10.4. The van der Waals surface area contributed by atoms with Gasteiger partial charge in [-0.3, -0.25) is 9.59 Å². The van der Waals surface area contributed by atoms with Gasteiger partial charge in [-0.05, 0) is 36.4 Å². The SMILES string of the molecule is CC(=O)Nc1ccc(Cl)cc1-c1cc(Cl)ccc1NC(C)=O. The molecule has 0 aliphatic carbocycles. The van der Waals surface area contributed by atoms with E-state index in [1.807, 2.05) is 0 Å². The molecule has 0 saturated carbocycles. The number of halogens is 2. The second-order valence-electron chi connectivity index (χ2n) is 4.74. The molecule has 0 unspecified atom stereocenters. The molecule has 0 atom stereocenters. The average Bonchev–Trinajstić information content (AvgIpc) is 2.42. The van der Waals surface area contributed by atoms with E-state index >= 15 is 0 Å². The first-order valence-corrected chi connectivity index (χ1v) is 7.27. The molecule has 0 radical (unpaired) electrons. The summed E-state index contributed by atoms with van der Waals surface area (Å²) in [5.74, 6) is -0.404. The summed E-state index contributed by atoms with van der Waals surface area (Å²) in [6.07, 6.45) is 0. The van der Waals surface area contributed by atoms with Gasteiger partial charge in [0.15, 0.2) is 0 Å². The van der Waals surface area contributed by atoms with Crippen molar-refractivity contribution in [1.29, 1.82) is 0 Å². The van der Waals surface area contributed by atoms with Crippen molar-refractivity contribution < 1.29 is 9.59 Å². The predicted molar refractivity (Wildman–Crippen MR) is 90.5 cm³/mol. The van der Waals surface area contributed by atoms with E-state index in [0.29, 0.717) is 32.5 Å². The summed E-state index contributed by atoms with van der Waals surface area (Å²) in [6, 6.07) is 10.2. The molecule has 2 rings (SSSR count). The zero-order chi connectivity index (χ0) is 16.3. The van der Waals surface area contributed by atoms with E-state index in [9.17, 15) is 9.59 Å². The highest BCUT2D eigenvalue weighted by Crippen LogP contribution is 2.37. The number of rotatable bonds is 3. The van der Waals surface area contributed by atoms with Crippen LogP contribution < -0.4 is 10.6 Å². The number of benzene rings is 2. The lowest BCUT2D eigenvalue weighted by atomic mass is 10.0. The van der Waals surface area contributed by atoms with E-state index in [1.54, 1.807) is 36.4 Å². The molecule has 0 spiro atoms. The second-order valence-corrected chi connectivity index (χ2v) is 5.62. The van der Waals surface area contributed by atoms with Crippen LogP contribution in [0.1, 0.15) is 13.8 Å². The molecule has 2 aromatic rings. The molecule has 0 aliphatic rings. The van der Waals surface area contributed by atoms with Crippen LogP contribution in [-0.4, -0.2) is 11.8 Å². The average molecular weight is 337 g/mol. The first-order valence-electron chi connectivity index (χ1n) is 6.51. The lowest BCUT2D eigenvalue weighted by Gasteiger charge is -2.15. The van der Waals surface area contributed by atoms with Crippen molar-refractivity contribution in [3.63, 3.8) is 0 Å². The van der Waals surface area contributed by atoms with Crippen LogP contribution in [0.2, 0.25) is 10.0 Å². The van der Waals surface area contributed by atoms with E-state index in [4.69, 9.17) is 23.2 Å². The fourth-order valence-electron chi connectivity index (χ4n) is 2.08. The van der Waals surface area contributed by atoms with Gasteiger partial charge in [-0.2, -0.15) is 0 Å². The lowest BCUT2D eigenvalue weighted by Crippen LogP contribution is -2.09. The van der Waals surface area contributed by atoms with Crippen molar-refractivity contribution in [3.05, 3.63) is 46.4 Å². The van der Waals surface area contributed by atoms with E-state index in [1.165, 1.54) is 13.8 Å². The normalized spacial score (nSPS) is 10.2. The first kappa shape index (κ1) is 16.3. The Morgan fingerprint density at radius 2 is 1.14 bits per heavy atom. The van der Waals surface area contributed by atoms with Crippen molar-refractivity contribution in [3.8, 4) is 11.1 Å². The second kappa shape index (κ2) is 6.81. The number of anilines is 2. The standard InChI is InChI=1S/C16H14Cl2N2O2/c1-9(21)19-15-5-3-11(17)7-13(15)14-8-12(18)4-6-16(14)20-10(2)22/h3-8H,1-2H3,(H,19,21)(H,20,22). The monoisotopic (exact) mass is 336 g/mol. The minimum absolute atomic E-state index is 0.202. The molecule has 114 valence electrons. The molecule has 0 aromatic heterocycles. The summed E-state index contributed by atoms with van der Waals surface area (Å²) in [5.41, 5.74) is 2.53. The summed E-state index contributed by atoms with van der Waals surface area (Å²) in [5, 5.41) is 6.52. The van der Waals surface area contributed by atoms with E-state index < -0.39 is 0 Å². The summed E-state index contributed by atoms with van der Waals surface area (Å²) in [7, 11) is 0. The summed E-state index contributed by atoms with van der Waals surface area (Å²) < 4.78 is 0. The van der Waals surface area contributed by atoms with Gasteiger partial charge in [0.25, 0.3) is 0 Å². The Labute approximate surface area is 138 Å². The van der Waals surface area contributed by atoms with Gasteiger partial charge in [0.2, 0.25) is 11.8 Å².